The van der Waals surface area contributed by atoms with Crippen LogP contribution in [0, 0.1) is 5.92 Å². The van der Waals surface area contributed by atoms with Crippen molar-refractivity contribution in [2.75, 3.05) is 0 Å². The van der Waals surface area contributed by atoms with Gasteiger partial charge in [0.15, 0.2) is 0 Å². The van der Waals surface area contributed by atoms with Crippen molar-refractivity contribution in [1.29, 1.82) is 0 Å². The zero-order valence-electron chi connectivity index (χ0n) is 12.0. The van der Waals surface area contributed by atoms with Crippen LogP contribution in [0.1, 0.15) is 64.7 Å². The summed E-state index contributed by atoms with van der Waals surface area (Å²) in [7, 11) is 0. The first-order valence-corrected chi connectivity index (χ1v) is 7.90. The molecule has 0 aromatic carbocycles. The number of hydrogen-bond acceptors (Lipinski definition) is 2. The van der Waals surface area contributed by atoms with Crippen molar-refractivity contribution in [2.24, 2.45) is 5.92 Å². The molecule has 19 heavy (non-hydrogen) atoms. The van der Waals surface area contributed by atoms with Gasteiger partial charge in [-0.1, -0.05) is 19.3 Å². The van der Waals surface area contributed by atoms with Crippen molar-refractivity contribution < 1.29 is 9.90 Å². The van der Waals surface area contributed by atoms with Gasteiger partial charge in [-0.15, -0.1) is 0 Å². The molecule has 0 radical (unpaired) electrons. The van der Waals surface area contributed by atoms with Crippen LogP contribution < -0.4 is 10.6 Å². The summed E-state index contributed by atoms with van der Waals surface area (Å²) in [4.78, 5) is 12.0. The van der Waals surface area contributed by atoms with Gasteiger partial charge in [0, 0.05) is 12.1 Å². The minimum Gasteiger partial charge on any atom is -0.393 e. The van der Waals surface area contributed by atoms with Crippen molar-refractivity contribution in [3.8, 4) is 0 Å². The van der Waals surface area contributed by atoms with Crippen molar-refractivity contribution in [2.45, 2.75) is 82.9 Å². The highest BCUT2D eigenvalue weighted by Gasteiger charge is 2.24. The summed E-state index contributed by atoms with van der Waals surface area (Å²) < 4.78 is 0. The van der Waals surface area contributed by atoms with Crippen LogP contribution in [0.5, 0.6) is 0 Å². The zero-order valence-corrected chi connectivity index (χ0v) is 12.0. The second-order valence-corrected chi connectivity index (χ2v) is 6.31. The third-order valence-corrected chi connectivity index (χ3v) is 4.75. The molecule has 2 saturated carbocycles. The lowest BCUT2D eigenvalue weighted by atomic mass is 9.84. The second kappa shape index (κ2) is 7.13. The molecule has 0 aliphatic heterocycles. The fourth-order valence-electron chi connectivity index (χ4n) is 3.41. The second-order valence-electron chi connectivity index (χ2n) is 6.31. The molecular formula is C15H28N2O2. The highest BCUT2D eigenvalue weighted by Crippen LogP contribution is 2.26. The van der Waals surface area contributed by atoms with Gasteiger partial charge in [0.25, 0.3) is 0 Å². The van der Waals surface area contributed by atoms with Crippen LogP contribution >= 0.6 is 0 Å². The van der Waals surface area contributed by atoms with Crippen molar-refractivity contribution in [3.63, 3.8) is 0 Å². The van der Waals surface area contributed by atoms with Gasteiger partial charge in [-0.25, -0.2) is 4.79 Å². The monoisotopic (exact) mass is 268 g/mol. The average molecular weight is 268 g/mol. The quantitative estimate of drug-likeness (QED) is 0.736. The number of aliphatic hydroxyl groups is 1. The molecule has 4 nitrogen and oxygen atoms in total. The molecule has 2 aliphatic rings. The molecule has 2 amide bonds. The zero-order chi connectivity index (χ0) is 13.7. The largest absolute Gasteiger partial charge is 0.393 e. The highest BCUT2D eigenvalue weighted by molar-refractivity contribution is 5.74. The molecule has 0 bridgehead atoms. The van der Waals surface area contributed by atoms with Crippen LogP contribution in [-0.4, -0.2) is 29.3 Å². The van der Waals surface area contributed by atoms with E-state index in [-0.39, 0.29) is 24.2 Å². The van der Waals surface area contributed by atoms with Gasteiger partial charge >= 0.3 is 6.03 Å². The summed E-state index contributed by atoms with van der Waals surface area (Å²) in [6.07, 6.45) is 9.69. The summed E-state index contributed by atoms with van der Waals surface area (Å²) in [5.41, 5.74) is 0. The molecule has 0 spiro atoms. The topological polar surface area (TPSA) is 61.4 Å². The summed E-state index contributed by atoms with van der Waals surface area (Å²) in [6, 6.07) is 0.482. The van der Waals surface area contributed by atoms with Crippen LogP contribution in [-0.2, 0) is 0 Å². The van der Waals surface area contributed by atoms with Gasteiger partial charge < -0.3 is 15.7 Å². The molecule has 4 heteroatoms. The fourth-order valence-corrected chi connectivity index (χ4v) is 3.41. The van der Waals surface area contributed by atoms with E-state index in [1.807, 2.05) is 0 Å². The van der Waals surface area contributed by atoms with Gasteiger partial charge in [0.2, 0.25) is 0 Å². The highest BCUT2D eigenvalue weighted by atomic mass is 16.3. The third kappa shape index (κ3) is 4.68. The summed E-state index contributed by atoms with van der Waals surface area (Å²) in [6.45, 7) is 2.13. The number of hydrogen-bond donors (Lipinski definition) is 3. The summed E-state index contributed by atoms with van der Waals surface area (Å²) in [5, 5.41) is 15.6. The summed E-state index contributed by atoms with van der Waals surface area (Å²) >= 11 is 0. The lowest BCUT2D eigenvalue weighted by Crippen LogP contribution is -2.48. The van der Waals surface area contributed by atoms with E-state index in [0.717, 1.165) is 25.7 Å². The van der Waals surface area contributed by atoms with Crippen molar-refractivity contribution in [3.05, 3.63) is 0 Å². The van der Waals surface area contributed by atoms with Gasteiger partial charge in [0.05, 0.1) is 6.10 Å². The molecule has 0 heterocycles. The summed E-state index contributed by atoms with van der Waals surface area (Å²) in [5.74, 6) is 0.646. The third-order valence-electron chi connectivity index (χ3n) is 4.75. The van der Waals surface area contributed by atoms with Crippen molar-refractivity contribution in [1.82, 2.24) is 10.6 Å². The Balaban J connectivity index is 1.68. The number of carbonyl (C=O) groups excluding carboxylic acids is 1. The Morgan fingerprint density at radius 3 is 2.32 bits per heavy atom. The number of amides is 2. The number of aliphatic hydroxyl groups excluding tert-OH is 1. The van der Waals surface area contributed by atoms with E-state index in [0.29, 0.717) is 5.92 Å². The van der Waals surface area contributed by atoms with E-state index in [9.17, 15) is 9.90 Å². The maximum Gasteiger partial charge on any atom is 0.315 e. The maximum atomic E-state index is 12.0. The Bertz CT molecular complexity index is 282. The first kappa shape index (κ1) is 14.6. The minimum absolute atomic E-state index is 0.0283. The van der Waals surface area contributed by atoms with E-state index in [1.165, 1.54) is 32.1 Å². The molecule has 0 aromatic heterocycles. The Hall–Kier alpha value is -0.770. The minimum atomic E-state index is -0.165. The first-order valence-electron chi connectivity index (χ1n) is 7.90. The van der Waals surface area contributed by atoms with Crippen LogP contribution in [0.2, 0.25) is 0 Å². The standard InChI is InChI=1S/C15H28N2O2/c1-11(12-5-3-2-4-6-12)16-15(19)17-13-7-9-14(18)10-8-13/h11-14,18H,2-10H2,1H3,(H2,16,17,19). The van der Waals surface area contributed by atoms with Gasteiger partial charge in [0.1, 0.15) is 0 Å². The normalized spacial score (nSPS) is 30.6. The van der Waals surface area contributed by atoms with E-state index >= 15 is 0 Å². The van der Waals surface area contributed by atoms with Crippen LogP contribution in [0.3, 0.4) is 0 Å². The number of nitrogens with one attached hydrogen (secondary N) is 2. The molecule has 2 aliphatic carbocycles. The van der Waals surface area contributed by atoms with Gasteiger partial charge in [-0.3, -0.25) is 0 Å². The number of rotatable bonds is 3. The molecule has 2 fully saturated rings. The number of carbonyl (C=O) groups is 1. The molecular weight excluding hydrogens is 240 g/mol. The molecule has 1 atom stereocenters. The fraction of sp³-hybridized carbons (Fsp3) is 0.933. The van der Waals surface area contributed by atoms with Gasteiger partial charge in [-0.2, -0.15) is 0 Å². The Morgan fingerprint density at radius 1 is 1.05 bits per heavy atom. The lowest BCUT2D eigenvalue weighted by molar-refractivity contribution is 0.117. The van der Waals surface area contributed by atoms with E-state index in [2.05, 4.69) is 17.6 Å². The first-order chi connectivity index (χ1) is 9.15. The molecule has 110 valence electrons. The Kier molecular flexibility index (Phi) is 5.49. The predicted molar refractivity (Wildman–Crippen MR) is 76.0 cm³/mol. The Morgan fingerprint density at radius 2 is 1.68 bits per heavy atom. The lowest BCUT2D eigenvalue weighted by Gasteiger charge is -2.30. The predicted octanol–water partition coefficient (Wildman–Crippen LogP) is 2.56. The van der Waals surface area contributed by atoms with Crippen molar-refractivity contribution >= 4 is 6.03 Å². The molecule has 0 aromatic rings. The van der Waals surface area contributed by atoms with Gasteiger partial charge in [-0.05, 0) is 51.4 Å². The molecule has 3 N–H and O–H groups in total. The average Bonchev–Trinajstić information content (AvgIpc) is 2.42. The SMILES string of the molecule is CC(NC(=O)NC1CCC(O)CC1)C1CCCCC1. The number of urea groups is 1. The molecule has 0 saturated heterocycles. The molecule has 2 rings (SSSR count). The van der Waals surface area contributed by atoms with E-state index in [1.54, 1.807) is 0 Å². The van der Waals surface area contributed by atoms with Crippen LogP contribution in [0.4, 0.5) is 4.79 Å². The Labute approximate surface area is 116 Å². The maximum absolute atomic E-state index is 12.0. The smallest absolute Gasteiger partial charge is 0.315 e. The van der Waals surface area contributed by atoms with Crippen LogP contribution in [0.25, 0.3) is 0 Å². The molecule has 1 unspecified atom stereocenters. The van der Waals surface area contributed by atoms with E-state index in [4.69, 9.17) is 0 Å². The van der Waals surface area contributed by atoms with Crippen LogP contribution in [0.15, 0.2) is 0 Å². The van der Waals surface area contributed by atoms with E-state index < -0.39 is 0 Å².